The topological polar surface area (TPSA) is 133 Å². The second kappa shape index (κ2) is 3.24. The molecule has 1 saturated heterocycles. The maximum atomic E-state index is 11.1. The van der Waals surface area contributed by atoms with Crippen molar-refractivity contribution in [3.8, 4) is 0 Å². The van der Waals surface area contributed by atoms with Crippen molar-refractivity contribution in [1.29, 1.82) is 0 Å². The van der Waals surface area contributed by atoms with Crippen LogP contribution in [-0.4, -0.2) is 51.8 Å². The molecular weight excluding hydrogens is 194 g/mol. The van der Waals surface area contributed by atoms with Gasteiger partial charge in [-0.3, -0.25) is 19.3 Å². The van der Waals surface area contributed by atoms with Crippen LogP contribution in [0.15, 0.2) is 0 Å². The molecule has 1 aliphatic heterocycles. The normalized spacial score (nSPS) is 26.6. The molecule has 0 aromatic carbocycles. The van der Waals surface area contributed by atoms with Crippen LogP contribution in [0.5, 0.6) is 0 Å². The first-order valence-corrected chi connectivity index (χ1v) is 3.69. The molecule has 8 nitrogen and oxygen atoms in total. The van der Waals surface area contributed by atoms with Crippen molar-refractivity contribution < 1.29 is 24.6 Å². The molecule has 14 heavy (non-hydrogen) atoms. The van der Waals surface area contributed by atoms with E-state index in [2.05, 4.69) is 0 Å². The van der Waals surface area contributed by atoms with Crippen molar-refractivity contribution in [1.82, 2.24) is 10.2 Å². The number of aliphatic carboxylic acids is 1. The summed E-state index contributed by atoms with van der Waals surface area (Å²) in [4.78, 5) is 32.7. The molecule has 8 heteroatoms. The highest BCUT2D eigenvalue weighted by atomic mass is 16.4. The van der Waals surface area contributed by atoms with Crippen LogP contribution in [0.4, 0.5) is 0 Å². The lowest BCUT2D eigenvalue weighted by molar-refractivity contribution is -0.158. The highest BCUT2D eigenvalue weighted by Crippen LogP contribution is 2.13. The zero-order chi connectivity index (χ0) is 10.9. The summed E-state index contributed by atoms with van der Waals surface area (Å²) >= 11 is 0. The second-order valence-electron chi connectivity index (χ2n) is 2.76. The number of hydrogen-bond acceptors (Lipinski definition) is 5. The summed E-state index contributed by atoms with van der Waals surface area (Å²) in [5.74, 6) is -5.62. The first-order chi connectivity index (χ1) is 6.40. The largest absolute Gasteiger partial charge is 0.480 e. The number of carbonyl (C=O) groups excluding carboxylic acids is 2. The van der Waals surface area contributed by atoms with Crippen molar-refractivity contribution in [3.63, 3.8) is 0 Å². The Morgan fingerprint density at radius 3 is 2.57 bits per heavy atom. The minimum atomic E-state index is -2.09. The molecule has 0 bridgehead atoms. The van der Waals surface area contributed by atoms with Gasteiger partial charge in [-0.05, 0) is 0 Å². The Morgan fingerprint density at radius 1 is 1.57 bits per heavy atom. The van der Waals surface area contributed by atoms with Gasteiger partial charge in [0.1, 0.15) is 6.54 Å². The molecule has 2 amide bonds. The number of nitrogens with zero attached hydrogens (tertiary/aromatic N) is 1. The van der Waals surface area contributed by atoms with E-state index in [0.29, 0.717) is 4.90 Å². The van der Waals surface area contributed by atoms with E-state index in [4.69, 9.17) is 10.8 Å². The third-order valence-corrected chi connectivity index (χ3v) is 1.78. The number of carboxylic acid groups (broad SMARTS) is 1. The van der Waals surface area contributed by atoms with E-state index in [1.807, 2.05) is 5.32 Å². The first kappa shape index (κ1) is 10.4. The third-order valence-electron chi connectivity index (χ3n) is 1.78. The number of nitrogens with two attached hydrogens (primary N) is 1. The van der Waals surface area contributed by atoms with Crippen LogP contribution >= 0.6 is 0 Å². The number of aliphatic hydroxyl groups is 1. The maximum absolute atomic E-state index is 11.1. The van der Waals surface area contributed by atoms with Gasteiger partial charge in [-0.25, -0.2) is 0 Å². The fourth-order valence-corrected chi connectivity index (χ4v) is 1.09. The van der Waals surface area contributed by atoms with E-state index in [1.54, 1.807) is 0 Å². The zero-order valence-corrected chi connectivity index (χ0v) is 7.06. The lowest BCUT2D eigenvalue weighted by Crippen LogP contribution is -2.58. The van der Waals surface area contributed by atoms with Crippen LogP contribution in [0.3, 0.4) is 0 Å². The van der Waals surface area contributed by atoms with Gasteiger partial charge in [-0.2, -0.15) is 0 Å². The van der Waals surface area contributed by atoms with Crippen molar-refractivity contribution >= 4 is 17.8 Å². The molecule has 0 saturated carbocycles. The first-order valence-electron chi connectivity index (χ1n) is 3.69. The molecule has 1 heterocycles. The van der Waals surface area contributed by atoms with Crippen LogP contribution in [0, 0.1) is 0 Å². The number of carbonyl (C=O) groups is 3. The number of nitrogens with one attached hydrogen (secondary N) is 1. The molecule has 0 aliphatic carbocycles. The van der Waals surface area contributed by atoms with E-state index in [-0.39, 0.29) is 0 Å². The molecule has 0 spiro atoms. The average Bonchev–Trinajstić information content (AvgIpc) is 2.30. The smallest absolute Gasteiger partial charge is 0.323 e. The summed E-state index contributed by atoms with van der Waals surface area (Å²) in [5.41, 5.74) is 5.11. The average molecular weight is 203 g/mol. The van der Waals surface area contributed by atoms with Gasteiger partial charge in [0.15, 0.2) is 0 Å². The zero-order valence-electron chi connectivity index (χ0n) is 7.06. The Kier molecular flexibility index (Phi) is 2.41. The summed E-state index contributed by atoms with van der Waals surface area (Å²) in [7, 11) is 0. The fraction of sp³-hybridized carbons (Fsp3) is 0.500. The van der Waals surface area contributed by atoms with Crippen molar-refractivity contribution in [3.05, 3.63) is 0 Å². The van der Waals surface area contributed by atoms with E-state index >= 15 is 0 Å². The summed E-state index contributed by atoms with van der Waals surface area (Å²) in [6.07, 6.45) is 0. The summed E-state index contributed by atoms with van der Waals surface area (Å²) in [5, 5.41) is 19.8. The highest BCUT2D eigenvalue weighted by molar-refractivity contribution is 6.37. The molecular formula is C6H9N3O5. The van der Waals surface area contributed by atoms with Crippen molar-refractivity contribution in [2.45, 2.75) is 5.85 Å². The quantitative estimate of drug-likeness (QED) is 0.354. The number of hydrogen-bond donors (Lipinski definition) is 4. The Bertz CT molecular complexity index is 304. The maximum Gasteiger partial charge on any atom is 0.323 e. The monoisotopic (exact) mass is 203 g/mol. The van der Waals surface area contributed by atoms with Gasteiger partial charge in [0, 0.05) is 0 Å². The second-order valence-corrected chi connectivity index (χ2v) is 2.76. The van der Waals surface area contributed by atoms with Crippen LogP contribution in [0.25, 0.3) is 0 Å². The molecule has 5 N–H and O–H groups in total. The van der Waals surface area contributed by atoms with Gasteiger partial charge in [-0.1, -0.05) is 0 Å². The molecule has 1 rings (SSSR count). The summed E-state index contributed by atoms with van der Waals surface area (Å²) in [6, 6.07) is 0. The molecule has 78 valence electrons. The Balaban J connectivity index is 2.92. The van der Waals surface area contributed by atoms with Gasteiger partial charge < -0.3 is 21.3 Å². The number of carboxylic acids is 1. The van der Waals surface area contributed by atoms with E-state index in [0.717, 1.165) is 0 Å². The lowest BCUT2D eigenvalue weighted by atomic mass is 10.3. The number of rotatable bonds is 3. The van der Waals surface area contributed by atoms with E-state index in [1.165, 1.54) is 0 Å². The number of amides is 2. The molecule has 0 aromatic heterocycles. The molecule has 1 aliphatic rings. The summed E-state index contributed by atoms with van der Waals surface area (Å²) < 4.78 is 0. The Hall–Kier alpha value is -1.67. The van der Waals surface area contributed by atoms with Crippen LogP contribution < -0.4 is 11.1 Å². The van der Waals surface area contributed by atoms with Crippen molar-refractivity contribution in [2.24, 2.45) is 5.73 Å². The standard InChI is InChI=1S/C6H9N3O5/c7-2-6(14)8-4(12)5(13)9(6)1-3(10)11/h14H,1-2,7H2,(H,8,12)(H,10,11). The lowest BCUT2D eigenvalue weighted by Gasteiger charge is -2.29. The summed E-state index contributed by atoms with van der Waals surface area (Å²) in [6.45, 7) is -1.26. The minimum Gasteiger partial charge on any atom is -0.480 e. The molecule has 0 aromatic rings. The molecule has 0 radical (unpaired) electrons. The van der Waals surface area contributed by atoms with Gasteiger partial charge >= 0.3 is 17.8 Å². The van der Waals surface area contributed by atoms with Gasteiger partial charge in [0.2, 0.25) is 5.85 Å². The molecule has 1 atom stereocenters. The van der Waals surface area contributed by atoms with Gasteiger partial charge in [-0.15, -0.1) is 0 Å². The van der Waals surface area contributed by atoms with Crippen LogP contribution in [0.1, 0.15) is 0 Å². The van der Waals surface area contributed by atoms with Crippen LogP contribution in [-0.2, 0) is 14.4 Å². The Morgan fingerprint density at radius 2 is 2.14 bits per heavy atom. The minimum absolute atomic E-state index is 0.470. The van der Waals surface area contributed by atoms with Crippen LogP contribution in [0.2, 0.25) is 0 Å². The van der Waals surface area contributed by atoms with Gasteiger partial charge in [0.25, 0.3) is 0 Å². The van der Waals surface area contributed by atoms with Gasteiger partial charge in [0.05, 0.1) is 6.54 Å². The Labute approximate surface area is 78.3 Å². The predicted octanol–water partition coefficient (Wildman–Crippen LogP) is -3.37. The fourth-order valence-electron chi connectivity index (χ4n) is 1.09. The third kappa shape index (κ3) is 1.52. The molecule has 1 unspecified atom stereocenters. The SMILES string of the molecule is NCC1(O)NC(=O)C(=O)N1CC(=O)O. The van der Waals surface area contributed by atoms with E-state index < -0.39 is 36.7 Å². The van der Waals surface area contributed by atoms with Crippen molar-refractivity contribution in [2.75, 3.05) is 13.1 Å². The van der Waals surface area contributed by atoms with E-state index in [9.17, 15) is 19.5 Å². The predicted molar refractivity (Wildman–Crippen MR) is 41.5 cm³/mol. The highest BCUT2D eigenvalue weighted by Gasteiger charge is 2.49. The molecule has 1 fully saturated rings.